The van der Waals surface area contributed by atoms with Crippen molar-refractivity contribution in [3.8, 4) is 0 Å². The second-order valence-electron chi connectivity index (χ2n) is 1.03. The lowest BCUT2D eigenvalue weighted by Crippen LogP contribution is -1.66. The summed E-state index contributed by atoms with van der Waals surface area (Å²) in [6.45, 7) is 2.00. The van der Waals surface area contributed by atoms with Crippen molar-refractivity contribution in [2.24, 2.45) is 0 Å². The van der Waals surface area contributed by atoms with Crippen LogP contribution in [-0.4, -0.2) is 36.1 Å². The molecule has 0 aromatic heterocycles. The third-order valence-corrected chi connectivity index (χ3v) is 0. The van der Waals surface area contributed by atoms with E-state index < -0.39 is 15.6 Å². The normalized spacial score (nSPS) is 10.2. The van der Waals surface area contributed by atoms with Crippen molar-refractivity contribution in [1.29, 1.82) is 0 Å². The Balaban J connectivity index is -0.000000112. The fourth-order valence-corrected chi connectivity index (χ4v) is 0. The molecule has 12 heavy (non-hydrogen) atoms. The van der Waals surface area contributed by atoms with Crippen molar-refractivity contribution in [3.63, 3.8) is 0 Å². The molecule has 0 amide bonds. The number of carbonyl (C=O) groups is 1. The fourth-order valence-electron chi connectivity index (χ4n) is 0. The van der Waals surface area contributed by atoms with Gasteiger partial charge in [-0.3, -0.25) is 0 Å². The standard InChI is InChI=1S/CH2O.2H3O4P/c1-2;2*1-5(2,3)4/h1H2;2*(H3,1,2,3,4). The van der Waals surface area contributed by atoms with Crippen LogP contribution < -0.4 is 0 Å². The highest BCUT2D eigenvalue weighted by atomic mass is 31.2. The van der Waals surface area contributed by atoms with Crippen LogP contribution in [0, 0.1) is 0 Å². The molecule has 0 bridgehead atoms. The van der Waals surface area contributed by atoms with Crippen molar-refractivity contribution < 1.29 is 43.3 Å². The summed E-state index contributed by atoms with van der Waals surface area (Å²) >= 11 is 0. The van der Waals surface area contributed by atoms with Crippen LogP contribution in [-0.2, 0) is 13.9 Å². The Morgan fingerprint density at radius 3 is 0.667 bits per heavy atom. The third kappa shape index (κ3) is 64600. The first-order valence-corrected chi connectivity index (χ1v) is 4.98. The summed E-state index contributed by atoms with van der Waals surface area (Å²) in [5.41, 5.74) is 0. The van der Waals surface area contributed by atoms with Gasteiger partial charge in [-0.25, -0.2) is 9.13 Å². The van der Waals surface area contributed by atoms with E-state index in [1.165, 1.54) is 0 Å². The van der Waals surface area contributed by atoms with E-state index in [2.05, 4.69) is 0 Å². The number of hydrogen-bond acceptors (Lipinski definition) is 3. The number of phosphoric acid groups is 2. The van der Waals surface area contributed by atoms with Crippen LogP contribution in [0.1, 0.15) is 0 Å². The Bertz CT molecular complexity index is 136. The Kier molecular flexibility index (Phi) is 11.2. The molecule has 0 saturated heterocycles. The van der Waals surface area contributed by atoms with Gasteiger partial charge < -0.3 is 34.2 Å². The van der Waals surface area contributed by atoms with Gasteiger partial charge >= 0.3 is 15.6 Å². The lowest BCUT2D eigenvalue weighted by Gasteiger charge is -1.82. The molecule has 0 rings (SSSR count). The Morgan fingerprint density at radius 1 is 0.667 bits per heavy atom. The van der Waals surface area contributed by atoms with Crippen molar-refractivity contribution in [2.75, 3.05) is 0 Å². The molecule has 0 saturated carbocycles. The predicted octanol–water partition coefficient (Wildman–Crippen LogP) is -2.04. The minimum absolute atomic E-state index is 2.00. The van der Waals surface area contributed by atoms with Crippen molar-refractivity contribution in [3.05, 3.63) is 0 Å². The second kappa shape index (κ2) is 7.53. The first kappa shape index (κ1) is 17.8. The van der Waals surface area contributed by atoms with Gasteiger partial charge in [0.15, 0.2) is 0 Å². The van der Waals surface area contributed by atoms with E-state index in [4.69, 9.17) is 43.3 Å². The molecule has 0 unspecified atom stereocenters. The van der Waals surface area contributed by atoms with Gasteiger partial charge in [-0.05, 0) is 0 Å². The first-order chi connectivity index (χ1) is 5.00. The maximum Gasteiger partial charge on any atom is 0.466 e. The van der Waals surface area contributed by atoms with Crippen LogP contribution in [0.15, 0.2) is 0 Å². The zero-order valence-corrected chi connectivity index (χ0v) is 7.30. The first-order valence-electron chi connectivity index (χ1n) is 1.85. The molecule has 0 radical (unpaired) electrons. The van der Waals surface area contributed by atoms with Crippen LogP contribution in [0.4, 0.5) is 0 Å². The zero-order valence-electron chi connectivity index (χ0n) is 5.51. The lowest BCUT2D eigenvalue weighted by molar-refractivity contribution is -0.0980. The molecule has 0 heterocycles. The highest BCUT2D eigenvalue weighted by Gasteiger charge is 2.00. The summed E-state index contributed by atoms with van der Waals surface area (Å²) in [5.74, 6) is 0. The van der Waals surface area contributed by atoms with E-state index in [1.54, 1.807) is 0 Å². The largest absolute Gasteiger partial charge is 0.466 e. The van der Waals surface area contributed by atoms with Crippen LogP contribution in [0.3, 0.4) is 0 Å². The van der Waals surface area contributed by atoms with Crippen molar-refractivity contribution >= 4 is 22.4 Å². The van der Waals surface area contributed by atoms with Gasteiger partial charge in [0.1, 0.15) is 6.79 Å². The van der Waals surface area contributed by atoms with Gasteiger partial charge in [-0.15, -0.1) is 0 Å². The summed E-state index contributed by atoms with van der Waals surface area (Å²) in [6, 6.07) is 0. The summed E-state index contributed by atoms with van der Waals surface area (Å²) in [6.07, 6.45) is 0. The van der Waals surface area contributed by atoms with Gasteiger partial charge in [0.05, 0.1) is 0 Å². The molecule has 0 aromatic carbocycles. The molecule has 0 aliphatic heterocycles. The molecule has 76 valence electrons. The van der Waals surface area contributed by atoms with Gasteiger partial charge in [-0.1, -0.05) is 0 Å². The van der Waals surface area contributed by atoms with Crippen LogP contribution in [0.5, 0.6) is 0 Å². The second-order valence-corrected chi connectivity index (χ2v) is 3.08. The monoisotopic (exact) mass is 226 g/mol. The SMILES string of the molecule is C=O.O=P(O)(O)O.O=P(O)(O)O. The van der Waals surface area contributed by atoms with E-state index in [1.807, 2.05) is 6.79 Å². The molecule has 0 fully saturated rings. The van der Waals surface area contributed by atoms with Crippen LogP contribution in [0.25, 0.3) is 0 Å². The summed E-state index contributed by atoms with van der Waals surface area (Å²) < 4.78 is 17.8. The smallest absolute Gasteiger partial charge is 0.307 e. The Labute approximate surface area is 66.8 Å². The Hall–Kier alpha value is -0.110. The van der Waals surface area contributed by atoms with Gasteiger partial charge in [-0.2, -0.15) is 0 Å². The molecule has 6 N–H and O–H groups in total. The molecule has 0 aliphatic rings. The summed E-state index contributed by atoms with van der Waals surface area (Å²) in [5, 5.41) is 0. The van der Waals surface area contributed by atoms with Gasteiger partial charge in [0.2, 0.25) is 0 Å². The Morgan fingerprint density at radius 2 is 0.667 bits per heavy atom. The minimum Gasteiger partial charge on any atom is -0.307 e. The fraction of sp³-hybridized carbons (Fsp3) is 0. The maximum atomic E-state index is 8.88. The summed E-state index contributed by atoms with van der Waals surface area (Å²) in [4.78, 5) is 51.1. The highest BCUT2D eigenvalue weighted by molar-refractivity contribution is 7.45. The van der Waals surface area contributed by atoms with Gasteiger partial charge in [0.25, 0.3) is 0 Å². The molecule has 0 spiro atoms. The lowest BCUT2D eigenvalue weighted by atomic mass is 11.9. The molecular formula is CH8O9P2. The van der Waals surface area contributed by atoms with Crippen LogP contribution in [0.2, 0.25) is 0 Å². The third-order valence-electron chi connectivity index (χ3n) is 0. The van der Waals surface area contributed by atoms with Crippen molar-refractivity contribution in [2.45, 2.75) is 0 Å². The van der Waals surface area contributed by atoms with Gasteiger partial charge in [0, 0.05) is 0 Å². The predicted molar refractivity (Wildman–Crippen MR) is 35.6 cm³/mol. The molecule has 9 nitrogen and oxygen atoms in total. The van der Waals surface area contributed by atoms with E-state index >= 15 is 0 Å². The molecular weight excluding hydrogens is 218 g/mol. The molecule has 0 aromatic rings. The molecule has 11 heteroatoms. The maximum absolute atomic E-state index is 8.88. The van der Waals surface area contributed by atoms with E-state index in [9.17, 15) is 0 Å². The highest BCUT2D eigenvalue weighted by Crippen LogP contribution is 2.26. The molecule has 0 atom stereocenters. The zero-order chi connectivity index (χ0) is 11.0. The van der Waals surface area contributed by atoms with Crippen molar-refractivity contribution in [1.82, 2.24) is 0 Å². The van der Waals surface area contributed by atoms with E-state index in [-0.39, 0.29) is 0 Å². The van der Waals surface area contributed by atoms with Crippen LogP contribution >= 0.6 is 15.6 Å². The average Bonchev–Trinajstić information content (AvgIpc) is 1.59. The van der Waals surface area contributed by atoms with E-state index in [0.29, 0.717) is 0 Å². The number of carbonyl (C=O) groups excluding carboxylic acids is 1. The number of hydrogen-bond donors (Lipinski definition) is 6. The average molecular weight is 226 g/mol. The topological polar surface area (TPSA) is 173 Å². The van der Waals surface area contributed by atoms with E-state index in [0.717, 1.165) is 0 Å². The summed E-state index contributed by atoms with van der Waals surface area (Å²) in [7, 11) is -9.28. The quantitative estimate of drug-likeness (QED) is 0.254. The minimum atomic E-state index is -4.64. The number of rotatable bonds is 0. The molecule has 0 aliphatic carbocycles.